The highest BCUT2D eigenvalue weighted by Gasteiger charge is 2.48. The van der Waals surface area contributed by atoms with Crippen LogP contribution in [0.25, 0.3) is 0 Å². The van der Waals surface area contributed by atoms with Crippen molar-refractivity contribution in [1.82, 2.24) is 9.80 Å². The third kappa shape index (κ3) is 4.41. The van der Waals surface area contributed by atoms with Gasteiger partial charge >= 0.3 is 0 Å². The molecular formula is C26H31N3O4. The second kappa shape index (κ2) is 8.69. The Morgan fingerprint density at radius 2 is 1.82 bits per heavy atom. The van der Waals surface area contributed by atoms with E-state index in [-0.39, 0.29) is 23.1 Å². The van der Waals surface area contributed by atoms with Gasteiger partial charge in [0.15, 0.2) is 12.4 Å². The van der Waals surface area contributed by atoms with Crippen LogP contribution in [0.3, 0.4) is 0 Å². The number of piperidine rings is 2. The normalized spacial score (nSPS) is 23.9. The number of nitrogens with zero attached hydrogens (tertiary/aromatic N) is 3. The van der Waals surface area contributed by atoms with E-state index in [1.54, 1.807) is 19.2 Å². The number of aromatic nitrogens is 1. The van der Waals surface area contributed by atoms with Crippen LogP contribution in [0.4, 0.5) is 0 Å². The summed E-state index contributed by atoms with van der Waals surface area (Å²) in [5, 5.41) is 11.5. The number of methoxy groups -OCH3 is 1. The average Bonchev–Trinajstić information content (AvgIpc) is 3.65. The van der Waals surface area contributed by atoms with Gasteiger partial charge in [-0.25, -0.2) is 0 Å². The van der Waals surface area contributed by atoms with Gasteiger partial charge in [-0.2, -0.15) is 4.73 Å². The van der Waals surface area contributed by atoms with Crippen LogP contribution in [0, 0.1) is 16.5 Å². The number of hydrogen-bond donors (Lipinski definition) is 0. The number of amides is 2. The maximum Gasteiger partial charge on any atom is 0.259 e. The first-order valence-electron chi connectivity index (χ1n) is 11.9. The van der Waals surface area contributed by atoms with Gasteiger partial charge in [0, 0.05) is 38.2 Å². The maximum atomic E-state index is 13.3. The molecule has 7 nitrogen and oxygen atoms in total. The summed E-state index contributed by atoms with van der Waals surface area (Å²) in [6.45, 7) is 2.98. The van der Waals surface area contributed by atoms with Crippen molar-refractivity contribution >= 4 is 11.8 Å². The molecule has 1 spiro atoms. The van der Waals surface area contributed by atoms with Crippen molar-refractivity contribution in [2.45, 2.75) is 38.0 Å². The zero-order valence-electron chi connectivity index (χ0n) is 19.1. The maximum absolute atomic E-state index is 13.3. The largest absolute Gasteiger partial charge is 0.619 e. The molecular weight excluding hydrogens is 418 g/mol. The number of carbonyl (C=O) groups is 2. The highest BCUT2D eigenvalue weighted by molar-refractivity contribution is 5.93. The van der Waals surface area contributed by atoms with E-state index in [2.05, 4.69) is 17.0 Å². The fraction of sp³-hybridized carbons (Fsp3) is 0.500. The number of hydrogen-bond acceptors (Lipinski definition) is 4. The van der Waals surface area contributed by atoms with E-state index in [1.807, 2.05) is 17.0 Å². The Bertz CT molecular complexity index is 1030. The lowest BCUT2D eigenvalue weighted by Gasteiger charge is -2.47. The first-order chi connectivity index (χ1) is 16.0. The highest BCUT2D eigenvalue weighted by Crippen LogP contribution is 2.50. The Labute approximate surface area is 194 Å². The van der Waals surface area contributed by atoms with Gasteiger partial charge in [0.25, 0.3) is 5.91 Å². The molecule has 7 heteroatoms. The predicted octanol–water partition coefficient (Wildman–Crippen LogP) is 2.98. The van der Waals surface area contributed by atoms with Crippen molar-refractivity contribution in [2.75, 3.05) is 33.3 Å². The van der Waals surface area contributed by atoms with Crippen molar-refractivity contribution in [2.24, 2.45) is 11.3 Å². The third-order valence-electron chi connectivity index (χ3n) is 7.76. The molecule has 1 saturated carbocycles. The topological polar surface area (TPSA) is 76.8 Å². The minimum atomic E-state index is -0.0842. The molecule has 2 atom stereocenters. The summed E-state index contributed by atoms with van der Waals surface area (Å²) in [4.78, 5) is 30.0. The Morgan fingerprint density at radius 3 is 2.52 bits per heavy atom. The molecule has 3 fully saturated rings. The first-order valence-corrected chi connectivity index (χ1v) is 11.9. The minimum absolute atomic E-state index is 0.0842. The Kier molecular flexibility index (Phi) is 5.72. The molecule has 2 amide bonds. The van der Waals surface area contributed by atoms with Crippen LogP contribution in [0.15, 0.2) is 48.8 Å². The summed E-state index contributed by atoms with van der Waals surface area (Å²) in [7, 11) is 1.66. The lowest BCUT2D eigenvalue weighted by molar-refractivity contribution is -0.605. The lowest BCUT2D eigenvalue weighted by atomic mass is 9.72. The molecule has 0 bridgehead atoms. The summed E-state index contributed by atoms with van der Waals surface area (Å²) in [6.07, 6.45) is 7.58. The molecule has 3 heterocycles. The Morgan fingerprint density at radius 1 is 1.06 bits per heavy atom. The van der Waals surface area contributed by atoms with E-state index < -0.39 is 0 Å². The van der Waals surface area contributed by atoms with Crippen LogP contribution in [0.1, 0.15) is 53.9 Å². The number of carbonyl (C=O) groups excluding carboxylic acids is 2. The number of rotatable bonds is 4. The van der Waals surface area contributed by atoms with Gasteiger partial charge in [-0.15, -0.1) is 0 Å². The monoisotopic (exact) mass is 449 g/mol. The zero-order valence-corrected chi connectivity index (χ0v) is 19.1. The number of likely N-dealkylation sites (tertiary alicyclic amines) is 2. The summed E-state index contributed by atoms with van der Waals surface area (Å²) < 4.78 is 5.91. The van der Waals surface area contributed by atoms with Crippen LogP contribution in [-0.4, -0.2) is 54.9 Å². The van der Waals surface area contributed by atoms with Crippen LogP contribution < -0.4 is 9.47 Å². The molecule has 174 valence electrons. The summed E-state index contributed by atoms with van der Waals surface area (Å²) in [5.41, 5.74) is 1.75. The van der Waals surface area contributed by atoms with E-state index in [0.29, 0.717) is 29.3 Å². The smallest absolute Gasteiger partial charge is 0.259 e. The van der Waals surface area contributed by atoms with Crippen molar-refractivity contribution in [3.8, 4) is 5.75 Å². The minimum Gasteiger partial charge on any atom is -0.619 e. The number of benzene rings is 1. The third-order valence-corrected chi connectivity index (χ3v) is 7.76. The predicted molar refractivity (Wildman–Crippen MR) is 123 cm³/mol. The van der Waals surface area contributed by atoms with Crippen LogP contribution in [-0.2, 0) is 4.79 Å². The molecule has 33 heavy (non-hydrogen) atoms. The summed E-state index contributed by atoms with van der Waals surface area (Å²) in [5.74, 6) is 1.45. The summed E-state index contributed by atoms with van der Waals surface area (Å²) in [6, 6.07) is 11.4. The van der Waals surface area contributed by atoms with E-state index in [9.17, 15) is 14.8 Å². The molecule has 0 unspecified atom stereocenters. The molecule has 1 aliphatic carbocycles. The standard InChI is InChI=1S/C26H31N3O4/c1-33-21-7-5-19(6-8-21)22-16-23(22)25(31)28-12-3-9-26(18-28)10-14-27(15-11-26)24(30)20-4-2-13-29(32)17-20/h2,4-8,13,17,22-23H,3,9-12,14-16,18H2,1H3/t22-,23+/m0/s1. The van der Waals surface area contributed by atoms with Gasteiger partial charge in [-0.1, -0.05) is 12.1 Å². The van der Waals surface area contributed by atoms with Crippen molar-refractivity contribution < 1.29 is 19.1 Å². The molecule has 5 rings (SSSR count). The van der Waals surface area contributed by atoms with Gasteiger partial charge in [-0.05, 0) is 67.2 Å². The van der Waals surface area contributed by atoms with Crippen LogP contribution in [0.2, 0.25) is 0 Å². The fourth-order valence-electron chi connectivity index (χ4n) is 5.67. The van der Waals surface area contributed by atoms with Gasteiger partial charge < -0.3 is 19.7 Å². The van der Waals surface area contributed by atoms with Crippen LogP contribution in [0.5, 0.6) is 5.75 Å². The van der Waals surface area contributed by atoms with Gasteiger partial charge in [0.2, 0.25) is 5.91 Å². The van der Waals surface area contributed by atoms with Gasteiger partial charge in [0.05, 0.1) is 7.11 Å². The highest BCUT2D eigenvalue weighted by atomic mass is 16.5. The zero-order chi connectivity index (χ0) is 23.0. The second-order valence-electron chi connectivity index (χ2n) is 9.83. The molecule has 2 saturated heterocycles. The average molecular weight is 450 g/mol. The van der Waals surface area contributed by atoms with E-state index in [0.717, 1.165) is 50.9 Å². The molecule has 2 aliphatic heterocycles. The summed E-state index contributed by atoms with van der Waals surface area (Å²) >= 11 is 0. The van der Waals surface area contributed by atoms with Gasteiger partial charge in [-0.3, -0.25) is 9.59 Å². The Balaban J connectivity index is 1.18. The number of ether oxygens (including phenoxy) is 1. The van der Waals surface area contributed by atoms with Crippen molar-refractivity contribution in [3.63, 3.8) is 0 Å². The fourth-order valence-corrected chi connectivity index (χ4v) is 5.67. The molecule has 0 radical (unpaired) electrons. The SMILES string of the molecule is COc1ccc([C@@H]2C[C@H]2C(=O)N2CCCC3(CCN(C(=O)c4ccc[n+]([O-])c4)CC3)C2)cc1. The number of pyridine rings is 1. The molecule has 1 aromatic heterocycles. The van der Waals surface area contributed by atoms with Crippen molar-refractivity contribution in [3.05, 3.63) is 65.1 Å². The lowest BCUT2D eigenvalue weighted by Crippen LogP contribution is -2.52. The van der Waals surface area contributed by atoms with E-state index in [1.165, 1.54) is 18.0 Å². The van der Waals surface area contributed by atoms with E-state index >= 15 is 0 Å². The van der Waals surface area contributed by atoms with E-state index in [4.69, 9.17) is 4.74 Å². The van der Waals surface area contributed by atoms with Gasteiger partial charge in [0.1, 0.15) is 11.3 Å². The van der Waals surface area contributed by atoms with Crippen molar-refractivity contribution in [1.29, 1.82) is 0 Å². The molecule has 2 aromatic rings. The quantitative estimate of drug-likeness (QED) is 0.531. The second-order valence-corrected chi connectivity index (χ2v) is 9.83. The van der Waals surface area contributed by atoms with Crippen LogP contribution >= 0.6 is 0 Å². The molecule has 1 aromatic carbocycles. The first kappa shape index (κ1) is 21.7. The molecule has 0 N–H and O–H groups in total. The molecule has 3 aliphatic rings. The Hall–Kier alpha value is -3.09.